The molecule has 3 aromatic rings. The quantitative estimate of drug-likeness (QED) is 0.484. The van der Waals surface area contributed by atoms with Gasteiger partial charge in [0, 0.05) is 6.07 Å². The molecule has 0 aliphatic carbocycles. The maximum Gasteiger partial charge on any atom is 0.264 e. The molecular formula is C25H26N2O7S. The van der Waals surface area contributed by atoms with Gasteiger partial charge in [-0.05, 0) is 36.4 Å². The van der Waals surface area contributed by atoms with Crippen LogP contribution < -0.4 is 28.6 Å². The normalized spacial score (nSPS) is 14.6. The van der Waals surface area contributed by atoms with E-state index in [9.17, 15) is 13.2 Å². The lowest BCUT2D eigenvalue weighted by atomic mass is 10.2. The first-order chi connectivity index (χ1) is 16.9. The number of anilines is 1. The maximum absolute atomic E-state index is 13.6. The van der Waals surface area contributed by atoms with Gasteiger partial charge >= 0.3 is 0 Å². The first-order valence-electron chi connectivity index (χ1n) is 10.9. The van der Waals surface area contributed by atoms with Crippen LogP contribution in [-0.2, 0) is 14.8 Å². The lowest BCUT2D eigenvalue weighted by Crippen LogP contribution is -2.45. The van der Waals surface area contributed by atoms with Crippen LogP contribution in [0, 0.1) is 0 Å². The number of methoxy groups -OCH3 is 2. The number of nitrogens with zero attached hydrogens (tertiary/aromatic N) is 1. The molecule has 1 aliphatic heterocycles. The molecule has 1 unspecified atom stereocenters. The Morgan fingerprint density at radius 2 is 1.66 bits per heavy atom. The van der Waals surface area contributed by atoms with Crippen LogP contribution in [0.3, 0.4) is 0 Å². The standard InChI is InChI=1S/C25H26N2O7S/c1-31-21-13-12-20(14-24(21)32-2)35(29,30)27(18-8-4-3-5-9-18)16-25(28)26-15-19-17-33-22-10-6-7-11-23(22)34-19/h3-14,19H,15-17H2,1-2H3,(H,26,28). The number of ether oxygens (including phenoxy) is 4. The van der Waals surface area contributed by atoms with E-state index in [2.05, 4.69) is 5.32 Å². The van der Waals surface area contributed by atoms with E-state index >= 15 is 0 Å². The molecule has 0 bridgehead atoms. The summed E-state index contributed by atoms with van der Waals surface area (Å²) in [6.45, 7) is 0.000688. The number of carbonyl (C=O) groups is 1. The molecule has 35 heavy (non-hydrogen) atoms. The highest BCUT2D eigenvalue weighted by atomic mass is 32.2. The Morgan fingerprint density at radius 1 is 0.971 bits per heavy atom. The third-order valence-corrected chi connectivity index (χ3v) is 7.14. The van der Waals surface area contributed by atoms with E-state index in [0.29, 0.717) is 22.9 Å². The molecule has 1 amide bonds. The highest BCUT2D eigenvalue weighted by Crippen LogP contribution is 2.32. The number of hydrogen-bond acceptors (Lipinski definition) is 7. The van der Waals surface area contributed by atoms with Gasteiger partial charge in [0.05, 0.1) is 31.3 Å². The van der Waals surface area contributed by atoms with Crippen molar-refractivity contribution in [3.05, 3.63) is 72.8 Å². The maximum atomic E-state index is 13.6. The molecule has 3 aromatic carbocycles. The fraction of sp³-hybridized carbons (Fsp3) is 0.240. The fourth-order valence-corrected chi connectivity index (χ4v) is 5.03. The number of benzene rings is 3. The Labute approximate surface area is 204 Å². The minimum atomic E-state index is -4.11. The second kappa shape index (κ2) is 10.6. The van der Waals surface area contributed by atoms with Crippen LogP contribution in [-0.4, -0.2) is 54.3 Å². The molecule has 0 aromatic heterocycles. The molecular weight excluding hydrogens is 472 g/mol. The Hall–Kier alpha value is -3.92. The number of nitrogens with one attached hydrogen (secondary N) is 1. The van der Waals surface area contributed by atoms with Crippen molar-refractivity contribution < 1.29 is 32.2 Å². The monoisotopic (exact) mass is 498 g/mol. The SMILES string of the molecule is COc1ccc(S(=O)(=O)N(CC(=O)NCC2COc3ccccc3O2)c2ccccc2)cc1OC. The average Bonchev–Trinajstić information content (AvgIpc) is 2.90. The van der Waals surface area contributed by atoms with Crippen LogP contribution in [0.5, 0.6) is 23.0 Å². The average molecular weight is 499 g/mol. The highest BCUT2D eigenvalue weighted by molar-refractivity contribution is 7.92. The lowest BCUT2D eigenvalue weighted by Gasteiger charge is -2.27. The molecule has 1 atom stereocenters. The smallest absolute Gasteiger partial charge is 0.264 e. The molecule has 1 aliphatic rings. The third kappa shape index (κ3) is 5.43. The molecule has 9 nitrogen and oxygen atoms in total. The van der Waals surface area contributed by atoms with E-state index in [0.717, 1.165) is 4.31 Å². The van der Waals surface area contributed by atoms with Gasteiger partial charge in [0.2, 0.25) is 5.91 Å². The van der Waals surface area contributed by atoms with Crippen LogP contribution in [0.25, 0.3) is 0 Å². The summed E-state index contributed by atoms with van der Waals surface area (Å²) >= 11 is 0. The van der Waals surface area contributed by atoms with Gasteiger partial charge < -0.3 is 24.3 Å². The highest BCUT2D eigenvalue weighted by Gasteiger charge is 2.29. The molecule has 0 saturated carbocycles. The van der Waals surface area contributed by atoms with Gasteiger partial charge in [-0.2, -0.15) is 0 Å². The van der Waals surface area contributed by atoms with E-state index in [1.54, 1.807) is 42.5 Å². The van der Waals surface area contributed by atoms with Crippen molar-refractivity contribution >= 4 is 21.6 Å². The van der Waals surface area contributed by atoms with Crippen molar-refractivity contribution in [2.45, 2.75) is 11.0 Å². The molecule has 0 spiro atoms. The summed E-state index contributed by atoms with van der Waals surface area (Å²) in [5.41, 5.74) is 0.351. The van der Waals surface area contributed by atoms with Crippen LogP contribution in [0.4, 0.5) is 5.69 Å². The van der Waals surface area contributed by atoms with Gasteiger partial charge in [-0.1, -0.05) is 30.3 Å². The van der Waals surface area contributed by atoms with E-state index in [1.165, 1.54) is 32.4 Å². The summed E-state index contributed by atoms with van der Waals surface area (Å²) in [6.07, 6.45) is -0.401. The second-order valence-electron chi connectivity index (χ2n) is 7.67. The third-order valence-electron chi connectivity index (χ3n) is 5.37. The largest absolute Gasteiger partial charge is 0.493 e. The Bertz CT molecular complexity index is 1280. The van der Waals surface area contributed by atoms with Crippen molar-refractivity contribution in [1.29, 1.82) is 0 Å². The zero-order valence-corrected chi connectivity index (χ0v) is 20.2. The van der Waals surface area contributed by atoms with Crippen molar-refractivity contribution in [1.82, 2.24) is 5.32 Å². The first-order valence-corrected chi connectivity index (χ1v) is 12.3. The van der Waals surface area contributed by atoms with E-state index in [-0.39, 0.29) is 23.8 Å². The predicted octanol–water partition coefficient (Wildman–Crippen LogP) is 2.86. The zero-order valence-electron chi connectivity index (χ0n) is 19.3. The van der Waals surface area contributed by atoms with Gasteiger partial charge in [0.15, 0.2) is 23.0 Å². The fourth-order valence-electron chi connectivity index (χ4n) is 3.59. The summed E-state index contributed by atoms with van der Waals surface area (Å²) in [7, 11) is -1.22. The minimum absolute atomic E-state index is 0.0348. The van der Waals surface area contributed by atoms with E-state index in [1.807, 2.05) is 12.1 Å². The van der Waals surface area contributed by atoms with Crippen molar-refractivity contribution in [2.24, 2.45) is 0 Å². The Kier molecular flexibility index (Phi) is 7.31. The molecule has 184 valence electrons. The number of hydrogen-bond donors (Lipinski definition) is 1. The van der Waals surface area contributed by atoms with Crippen molar-refractivity contribution in [2.75, 3.05) is 38.2 Å². The number of carbonyl (C=O) groups excluding carboxylic acids is 1. The Morgan fingerprint density at radius 3 is 2.37 bits per heavy atom. The minimum Gasteiger partial charge on any atom is -0.493 e. The van der Waals surface area contributed by atoms with Crippen LogP contribution in [0.15, 0.2) is 77.7 Å². The van der Waals surface area contributed by atoms with Crippen molar-refractivity contribution in [3.8, 4) is 23.0 Å². The van der Waals surface area contributed by atoms with E-state index in [4.69, 9.17) is 18.9 Å². The molecule has 0 saturated heterocycles. The molecule has 0 radical (unpaired) electrons. The topological polar surface area (TPSA) is 103 Å². The second-order valence-corrected chi connectivity index (χ2v) is 9.53. The summed E-state index contributed by atoms with van der Waals surface area (Å²) in [4.78, 5) is 12.8. The van der Waals surface area contributed by atoms with Crippen LogP contribution in [0.1, 0.15) is 0 Å². The number of sulfonamides is 1. The molecule has 4 rings (SSSR count). The predicted molar refractivity (Wildman–Crippen MR) is 130 cm³/mol. The van der Waals surface area contributed by atoms with Gasteiger partial charge in [-0.15, -0.1) is 0 Å². The molecule has 1 N–H and O–H groups in total. The summed E-state index contributed by atoms with van der Waals surface area (Å²) < 4.78 is 50.2. The summed E-state index contributed by atoms with van der Waals surface area (Å²) in [6, 6.07) is 20.0. The van der Waals surface area contributed by atoms with Crippen LogP contribution in [0.2, 0.25) is 0 Å². The summed E-state index contributed by atoms with van der Waals surface area (Å²) in [5, 5.41) is 2.75. The molecule has 1 heterocycles. The van der Waals surface area contributed by atoms with Gasteiger partial charge in [-0.25, -0.2) is 8.42 Å². The number of rotatable bonds is 9. The van der Waals surface area contributed by atoms with Crippen LogP contribution >= 0.6 is 0 Å². The van der Waals surface area contributed by atoms with Gasteiger partial charge in [0.25, 0.3) is 10.0 Å². The number of fused-ring (bicyclic) bond motifs is 1. The number of para-hydroxylation sites is 3. The van der Waals surface area contributed by atoms with E-state index < -0.39 is 28.6 Å². The van der Waals surface area contributed by atoms with Gasteiger partial charge in [0.1, 0.15) is 19.3 Å². The summed E-state index contributed by atoms with van der Waals surface area (Å²) in [5.74, 6) is 1.42. The number of amides is 1. The Balaban J connectivity index is 1.51. The lowest BCUT2D eigenvalue weighted by molar-refractivity contribution is -0.120. The first kappa shape index (κ1) is 24.2. The molecule has 10 heteroatoms. The zero-order chi connectivity index (χ0) is 24.8. The molecule has 0 fully saturated rings. The van der Waals surface area contributed by atoms with Crippen molar-refractivity contribution in [3.63, 3.8) is 0 Å². The van der Waals surface area contributed by atoms with Gasteiger partial charge in [-0.3, -0.25) is 9.10 Å².